The maximum Gasteiger partial charge on any atom is 0.416 e. The molecule has 0 spiro atoms. The number of alkyl halides is 3. The van der Waals surface area contributed by atoms with E-state index in [-0.39, 0.29) is 23.4 Å². The molecular weight excluding hydrogens is 485 g/mol. The number of carbonyl (C=O) groups excluding carboxylic acids is 1. The van der Waals surface area contributed by atoms with Crippen LogP contribution in [0.5, 0.6) is 0 Å². The van der Waals surface area contributed by atoms with Crippen LogP contribution < -0.4 is 16.4 Å². The van der Waals surface area contributed by atoms with Crippen molar-refractivity contribution in [2.24, 2.45) is 12.8 Å². The smallest absolute Gasteiger partial charge is 0.329 e. The third-order valence-electron chi connectivity index (χ3n) is 6.03. The summed E-state index contributed by atoms with van der Waals surface area (Å²) in [5.41, 5.74) is 8.79. The second kappa shape index (κ2) is 10.5. The number of rotatable bonds is 8. The Bertz CT molecular complexity index is 1420. The number of aryl methyl sites for hydroxylation is 2. The second-order valence-electron chi connectivity index (χ2n) is 8.61. The molecule has 2 aromatic carbocycles. The Morgan fingerprint density at radius 1 is 1.14 bits per heavy atom. The maximum atomic E-state index is 13.6. The quantitative estimate of drug-likeness (QED) is 0.311. The van der Waals surface area contributed by atoms with E-state index < -0.39 is 17.6 Å². The zero-order valence-corrected chi connectivity index (χ0v) is 20.6. The Morgan fingerprint density at radius 3 is 2.59 bits per heavy atom. The van der Waals surface area contributed by atoms with Crippen molar-refractivity contribution < 1.29 is 18.0 Å². The van der Waals surface area contributed by atoms with E-state index in [1.165, 1.54) is 12.1 Å². The highest BCUT2D eigenvalue weighted by Crippen LogP contribution is 2.34. The highest BCUT2D eigenvalue weighted by molar-refractivity contribution is 6.04. The van der Waals surface area contributed by atoms with Gasteiger partial charge in [0.2, 0.25) is 0 Å². The molecule has 0 saturated carbocycles. The maximum absolute atomic E-state index is 13.6. The molecule has 37 heavy (non-hydrogen) atoms. The summed E-state index contributed by atoms with van der Waals surface area (Å²) in [6.45, 7) is 4.50. The summed E-state index contributed by atoms with van der Waals surface area (Å²) in [5.74, 6) is -0.549. The van der Waals surface area contributed by atoms with Crippen LogP contribution in [0.2, 0.25) is 0 Å². The number of benzene rings is 2. The number of carbonyl (C=O) groups is 1. The molecule has 0 aliphatic heterocycles. The first-order chi connectivity index (χ1) is 17.6. The fourth-order valence-electron chi connectivity index (χ4n) is 3.85. The summed E-state index contributed by atoms with van der Waals surface area (Å²) < 4.78 is 44.2. The van der Waals surface area contributed by atoms with E-state index >= 15 is 0 Å². The fraction of sp³-hybridized carbons (Fsp3) is 0.280. The summed E-state index contributed by atoms with van der Waals surface area (Å²) in [6.07, 6.45) is -1.13. The molecule has 9 nitrogen and oxygen atoms in total. The van der Waals surface area contributed by atoms with Crippen LogP contribution in [0.15, 0.2) is 48.8 Å². The average Bonchev–Trinajstić information content (AvgIpc) is 3.46. The Morgan fingerprint density at radius 2 is 1.92 bits per heavy atom. The first kappa shape index (κ1) is 26.0. The van der Waals surface area contributed by atoms with E-state index in [2.05, 4.69) is 26.0 Å². The molecule has 12 heteroatoms. The average molecular weight is 513 g/mol. The lowest BCUT2D eigenvalue weighted by molar-refractivity contribution is -0.138. The molecule has 0 radical (unpaired) electrons. The monoisotopic (exact) mass is 512 g/mol. The van der Waals surface area contributed by atoms with Crippen LogP contribution in [-0.2, 0) is 19.8 Å². The molecule has 2 aromatic heterocycles. The van der Waals surface area contributed by atoms with Gasteiger partial charge in [0.05, 0.1) is 23.6 Å². The van der Waals surface area contributed by atoms with E-state index in [1.807, 2.05) is 20.9 Å². The number of nitrogens with two attached hydrogens (primary N) is 1. The number of hydrogen-bond donors (Lipinski definition) is 3. The van der Waals surface area contributed by atoms with Crippen LogP contribution in [-0.4, -0.2) is 43.8 Å². The molecule has 1 amide bonds. The number of nitrogens with one attached hydrogen (secondary N) is 2. The van der Waals surface area contributed by atoms with Gasteiger partial charge in [-0.25, -0.2) is 4.68 Å². The van der Waals surface area contributed by atoms with Crippen LogP contribution in [0.1, 0.15) is 32.7 Å². The van der Waals surface area contributed by atoms with Gasteiger partial charge in [0.1, 0.15) is 5.69 Å². The van der Waals surface area contributed by atoms with Crippen LogP contribution in [0.25, 0.3) is 16.9 Å². The van der Waals surface area contributed by atoms with Crippen LogP contribution >= 0.6 is 0 Å². The summed E-state index contributed by atoms with van der Waals surface area (Å²) in [6, 6.07) is 8.70. The van der Waals surface area contributed by atoms with E-state index in [9.17, 15) is 18.0 Å². The lowest BCUT2D eigenvalue weighted by atomic mass is 10.1. The highest BCUT2D eigenvalue weighted by atomic mass is 19.4. The van der Waals surface area contributed by atoms with Crippen molar-refractivity contribution in [1.82, 2.24) is 30.1 Å². The van der Waals surface area contributed by atoms with Crippen LogP contribution in [0.4, 0.5) is 18.9 Å². The summed E-state index contributed by atoms with van der Waals surface area (Å²) in [4.78, 5) is 13.0. The van der Waals surface area contributed by atoms with Gasteiger partial charge in [-0.15, -0.1) is 5.10 Å². The van der Waals surface area contributed by atoms with Gasteiger partial charge in [0, 0.05) is 49.2 Å². The molecule has 4 aromatic rings. The van der Waals surface area contributed by atoms with E-state index in [0.717, 1.165) is 22.9 Å². The van der Waals surface area contributed by atoms with Crippen molar-refractivity contribution in [3.8, 4) is 16.9 Å². The number of anilines is 1. The number of halogens is 3. The molecule has 0 aliphatic carbocycles. The van der Waals surface area contributed by atoms with Crippen molar-refractivity contribution in [3.05, 3.63) is 76.7 Å². The van der Waals surface area contributed by atoms with Gasteiger partial charge in [0.25, 0.3) is 5.91 Å². The first-order valence-electron chi connectivity index (χ1n) is 11.5. The topological polar surface area (TPSA) is 116 Å². The fourth-order valence-corrected chi connectivity index (χ4v) is 3.85. The molecule has 0 unspecified atom stereocenters. The van der Waals surface area contributed by atoms with E-state index in [4.69, 9.17) is 5.73 Å². The van der Waals surface area contributed by atoms with Crippen molar-refractivity contribution in [1.29, 1.82) is 0 Å². The van der Waals surface area contributed by atoms with Crippen LogP contribution in [0.3, 0.4) is 0 Å². The zero-order chi connectivity index (χ0) is 26.7. The van der Waals surface area contributed by atoms with Crippen LogP contribution in [0, 0.1) is 13.8 Å². The van der Waals surface area contributed by atoms with Gasteiger partial charge in [-0.2, -0.15) is 18.3 Å². The minimum absolute atomic E-state index is 0.0139. The normalized spacial score (nSPS) is 11.6. The minimum atomic E-state index is -4.57. The molecule has 0 bridgehead atoms. The molecular formula is C25H27F3N8O. The molecule has 4 N–H and O–H groups in total. The Kier molecular flexibility index (Phi) is 7.41. The minimum Gasteiger partial charge on any atom is -0.329 e. The summed E-state index contributed by atoms with van der Waals surface area (Å²) >= 11 is 0. The Labute approximate surface area is 211 Å². The lowest BCUT2D eigenvalue weighted by Gasteiger charge is -2.16. The third kappa shape index (κ3) is 5.70. The molecule has 0 saturated heterocycles. The van der Waals surface area contributed by atoms with Gasteiger partial charge >= 0.3 is 6.18 Å². The SMILES string of the molecule is Cc1ccc(C(=O)Nc2ccc(CNCCN)c(C(F)(F)F)c2)cc1-n1cc(-c2cnn(C)c2C)nn1. The molecule has 0 fully saturated rings. The van der Waals surface area contributed by atoms with Gasteiger partial charge in [-0.3, -0.25) is 9.48 Å². The molecule has 4 rings (SSSR count). The Balaban J connectivity index is 1.58. The molecule has 194 valence electrons. The second-order valence-corrected chi connectivity index (χ2v) is 8.61. The number of aromatic nitrogens is 5. The highest BCUT2D eigenvalue weighted by Gasteiger charge is 2.33. The number of hydrogen-bond acceptors (Lipinski definition) is 6. The number of amides is 1. The van der Waals surface area contributed by atoms with E-state index in [1.54, 1.807) is 40.0 Å². The first-order valence-corrected chi connectivity index (χ1v) is 11.5. The van der Waals surface area contributed by atoms with Crippen molar-refractivity contribution in [3.63, 3.8) is 0 Å². The third-order valence-corrected chi connectivity index (χ3v) is 6.03. The van der Waals surface area contributed by atoms with E-state index in [0.29, 0.717) is 24.5 Å². The van der Waals surface area contributed by atoms with Gasteiger partial charge in [0.15, 0.2) is 0 Å². The predicted molar refractivity (Wildman–Crippen MR) is 133 cm³/mol. The van der Waals surface area contributed by atoms with Crippen molar-refractivity contribution >= 4 is 11.6 Å². The lowest BCUT2D eigenvalue weighted by Crippen LogP contribution is -2.23. The number of nitrogens with zero attached hydrogens (tertiary/aromatic N) is 5. The zero-order valence-electron chi connectivity index (χ0n) is 20.6. The summed E-state index contributed by atoms with van der Waals surface area (Å²) in [5, 5.41) is 18.1. The van der Waals surface area contributed by atoms with Gasteiger partial charge in [-0.05, 0) is 49.2 Å². The molecule has 0 atom stereocenters. The van der Waals surface area contributed by atoms with Gasteiger partial charge in [-0.1, -0.05) is 17.3 Å². The Hall–Kier alpha value is -4.03. The summed E-state index contributed by atoms with van der Waals surface area (Å²) in [7, 11) is 1.83. The molecule has 0 aliphatic rings. The van der Waals surface area contributed by atoms with Gasteiger partial charge < -0.3 is 16.4 Å². The predicted octanol–water partition coefficient (Wildman–Crippen LogP) is 3.60. The molecule has 2 heterocycles. The van der Waals surface area contributed by atoms with Crippen molar-refractivity contribution in [2.45, 2.75) is 26.6 Å². The largest absolute Gasteiger partial charge is 0.416 e. The van der Waals surface area contributed by atoms with Crippen molar-refractivity contribution in [2.75, 3.05) is 18.4 Å². The standard InChI is InChI=1S/C25H27F3N8O/c1-15-4-5-17(10-23(15)36-14-22(33-34-36)20-13-31-35(3)16(20)2)24(37)32-19-7-6-18(12-30-9-8-29)21(11-19)25(26,27)28/h4-7,10-11,13-14,30H,8-9,12,29H2,1-3H3,(H,32,37).